The van der Waals surface area contributed by atoms with E-state index in [0.717, 1.165) is 5.69 Å². The number of aromatic nitrogens is 5. The molecule has 0 aliphatic rings. The van der Waals surface area contributed by atoms with Gasteiger partial charge in [-0.25, -0.2) is 13.9 Å². The molecule has 0 fully saturated rings. The molecule has 0 aromatic carbocycles. The molecule has 8 heteroatoms. The van der Waals surface area contributed by atoms with Crippen molar-refractivity contribution in [1.82, 2.24) is 24.8 Å². The number of aromatic carboxylic acids is 1. The molecule has 0 saturated heterocycles. The van der Waals surface area contributed by atoms with Crippen molar-refractivity contribution in [2.24, 2.45) is 7.05 Å². The maximum atomic E-state index is 12.5. The van der Waals surface area contributed by atoms with Crippen LogP contribution in [0.4, 0.5) is 4.39 Å². The third-order valence-corrected chi connectivity index (χ3v) is 2.98. The zero-order valence-corrected chi connectivity index (χ0v) is 10.9. The summed E-state index contributed by atoms with van der Waals surface area (Å²) in [5, 5.41) is 20.7. The highest BCUT2D eigenvalue weighted by molar-refractivity contribution is 5.93. The van der Waals surface area contributed by atoms with Gasteiger partial charge in [0.25, 0.3) is 0 Å². The third kappa shape index (κ3) is 2.09. The summed E-state index contributed by atoms with van der Waals surface area (Å²) in [6.07, 6.45) is 0. The van der Waals surface area contributed by atoms with E-state index >= 15 is 0 Å². The van der Waals surface area contributed by atoms with Crippen LogP contribution in [0.25, 0.3) is 11.3 Å². The molecule has 2 rings (SSSR count). The Labute approximate surface area is 108 Å². The van der Waals surface area contributed by atoms with Crippen molar-refractivity contribution >= 4 is 5.97 Å². The second-order valence-electron chi connectivity index (χ2n) is 4.17. The number of hydrogen-bond donors (Lipinski definition) is 1. The molecular formula is C11H14FN5O2. The smallest absolute Gasteiger partial charge is 0.358 e. The van der Waals surface area contributed by atoms with Gasteiger partial charge in [0, 0.05) is 18.3 Å². The first-order valence-electron chi connectivity index (χ1n) is 5.70. The summed E-state index contributed by atoms with van der Waals surface area (Å²) < 4.78 is 15.4. The molecule has 0 radical (unpaired) electrons. The van der Waals surface area contributed by atoms with Crippen molar-refractivity contribution in [3.63, 3.8) is 0 Å². The number of carboxylic acid groups (broad SMARTS) is 1. The maximum Gasteiger partial charge on any atom is 0.358 e. The van der Waals surface area contributed by atoms with Crippen LogP contribution in [-0.4, -0.2) is 42.5 Å². The topological polar surface area (TPSA) is 85.8 Å². The Kier molecular flexibility index (Phi) is 3.32. The highest BCUT2D eigenvalue weighted by atomic mass is 19.1. The molecule has 7 nitrogen and oxygen atoms in total. The van der Waals surface area contributed by atoms with Crippen LogP contribution in [0, 0.1) is 13.8 Å². The first kappa shape index (κ1) is 13.2. The van der Waals surface area contributed by atoms with E-state index < -0.39 is 12.6 Å². The normalized spacial score (nSPS) is 10.9. The summed E-state index contributed by atoms with van der Waals surface area (Å²) in [5.41, 5.74) is 2.19. The quantitative estimate of drug-likeness (QED) is 0.891. The van der Waals surface area contributed by atoms with Gasteiger partial charge in [-0.1, -0.05) is 5.21 Å². The molecule has 0 saturated carbocycles. The average molecular weight is 267 g/mol. The molecule has 0 aliphatic heterocycles. The Balaban J connectivity index is 2.71. The Morgan fingerprint density at radius 3 is 2.58 bits per heavy atom. The molecule has 2 aromatic heterocycles. The first-order valence-corrected chi connectivity index (χ1v) is 5.70. The average Bonchev–Trinajstić information content (AvgIpc) is 2.83. The first-order chi connectivity index (χ1) is 8.97. The van der Waals surface area contributed by atoms with Gasteiger partial charge in [0.05, 0.1) is 12.2 Å². The molecular weight excluding hydrogens is 253 g/mol. The molecule has 0 unspecified atom stereocenters. The van der Waals surface area contributed by atoms with Crippen LogP contribution >= 0.6 is 0 Å². The van der Waals surface area contributed by atoms with Crippen LogP contribution in [0.5, 0.6) is 0 Å². The number of alkyl halides is 1. The highest BCUT2D eigenvalue weighted by Crippen LogP contribution is 2.28. The van der Waals surface area contributed by atoms with Gasteiger partial charge in [0.1, 0.15) is 12.4 Å². The van der Waals surface area contributed by atoms with Gasteiger partial charge in [0.15, 0.2) is 5.69 Å². The lowest BCUT2D eigenvalue weighted by atomic mass is 10.1. The molecule has 0 aliphatic carbocycles. The number of carbonyl (C=O) groups is 1. The molecule has 0 spiro atoms. The second kappa shape index (κ2) is 4.79. The third-order valence-electron chi connectivity index (χ3n) is 2.98. The summed E-state index contributed by atoms with van der Waals surface area (Å²) in [7, 11) is 1.76. The minimum atomic E-state index is -1.19. The Hall–Kier alpha value is -2.25. The lowest BCUT2D eigenvalue weighted by molar-refractivity contribution is 0.0691. The number of halogens is 1. The minimum Gasteiger partial charge on any atom is -0.476 e. The molecule has 2 heterocycles. The fraction of sp³-hybridized carbons (Fsp3) is 0.455. The minimum absolute atomic E-state index is 0.0383. The van der Waals surface area contributed by atoms with Crippen LogP contribution in [-0.2, 0) is 13.6 Å². The van der Waals surface area contributed by atoms with E-state index in [0.29, 0.717) is 17.0 Å². The molecule has 0 bridgehead atoms. The molecule has 2 aromatic rings. The van der Waals surface area contributed by atoms with Crippen molar-refractivity contribution < 1.29 is 14.3 Å². The van der Waals surface area contributed by atoms with E-state index in [1.807, 2.05) is 6.92 Å². The number of nitrogens with zero attached hydrogens (tertiary/aromatic N) is 5. The Morgan fingerprint density at radius 1 is 1.42 bits per heavy atom. The molecule has 19 heavy (non-hydrogen) atoms. The highest BCUT2D eigenvalue weighted by Gasteiger charge is 2.25. The van der Waals surface area contributed by atoms with E-state index in [-0.39, 0.29) is 12.2 Å². The van der Waals surface area contributed by atoms with Crippen molar-refractivity contribution in [3.8, 4) is 11.3 Å². The number of rotatable bonds is 4. The molecule has 1 N–H and O–H groups in total. The summed E-state index contributed by atoms with van der Waals surface area (Å²) >= 11 is 0. The van der Waals surface area contributed by atoms with Gasteiger partial charge in [-0.3, -0.25) is 4.68 Å². The molecule has 102 valence electrons. The van der Waals surface area contributed by atoms with Gasteiger partial charge < -0.3 is 5.11 Å². The Bertz CT molecular complexity index is 631. The lowest BCUT2D eigenvalue weighted by Crippen LogP contribution is -2.07. The van der Waals surface area contributed by atoms with Crippen LogP contribution in [0.1, 0.15) is 21.9 Å². The predicted octanol–water partition coefficient (Wildman–Crippen LogP) is 0.963. The van der Waals surface area contributed by atoms with Crippen molar-refractivity contribution in [2.45, 2.75) is 20.4 Å². The monoisotopic (exact) mass is 267 g/mol. The SMILES string of the molecule is Cc1nn(C)c(C)c1-c1c(C(=O)O)nnn1CCF. The van der Waals surface area contributed by atoms with Crippen LogP contribution in [0.15, 0.2) is 0 Å². The van der Waals surface area contributed by atoms with Crippen molar-refractivity contribution in [2.75, 3.05) is 6.67 Å². The van der Waals surface area contributed by atoms with E-state index in [1.165, 1.54) is 4.68 Å². The van der Waals surface area contributed by atoms with Gasteiger partial charge >= 0.3 is 5.97 Å². The lowest BCUT2D eigenvalue weighted by Gasteiger charge is -2.05. The predicted molar refractivity (Wildman–Crippen MR) is 64.6 cm³/mol. The van der Waals surface area contributed by atoms with Crippen LogP contribution in [0.2, 0.25) is 0 Å². The zero-order valence-electron chi connectivity index (χ0n) is 10.9. The van der Waals surface area contributed by atoms with Gasteiger partial charge in [0.2, 0.25) is 0 Å². The second-order valence-corrected chi connectivity index (χ2v) is 4.17. The van der Waals surface area contributed by atoms with Gasteiger partial charge in [-0.05, 0) is 13.8 Å². The van der Waals surface area contributed by atoms with E-state index in [2.05, 4.69) is 15.4 Å². The largest absolute Gasteiger partial charge is 0.476 e. The van der Waals surface area contributed by atoms with Gasteiger partial charge in [-0.15, -0.1) is 5.10 Å². The number of aryl methyl sites for hydroxylation is 3. The summed E-state index contributed by atoms with van der Waals surface area (Å²) in [5.74, 6) is -1.19. The van der Waals surface area contributed by atoms with Crippen molar-refractivity contribution in [3.05, 3.63) is 17.1 Å². The molecule has 0 atom stereocenters. The fourth-order valence-corrected chi connectivity index (χ4v) is 2.06. The van der Waals surface area contributed by atoms with E-state index in [9.17, 15) is 9.18 Å². The summed E-state index contributed by atoms with van der Waals surface area (Å²) in [6.45, 7) is 2.89. The van der Waals surface area contributed by atoms with Crippen LogP contribution < -0.4 is 0 Å². The Morgan fingerprint density at radius 2 is 2.11 bits per heavy atom. The number of carboxylic acids is 1. The van der Waals surface area contributed by atoms with Crippen molar-refractivity contribution in [1.29, 1.82) is 0 Å². The summed E-state index contributed by atoms with van der Waals surface area (Å²) in [4.78, 5) is 11.2. The standard InChI is InChI=1S/C11H14FN5O2/c1-6-8(7(2)16(3)14-6)10-9(11(18)19)13-15-17(10)5-4-12/h4-5H2,1-3H3,(H,18,19). The summed E-state index contributed by atoms with van der Waals surface area (Å²) in [6, 6.07) is 0. The number of hydrogen-bond acceptors (Lipinski definition) is 4. The van der Waals surface area contributed by atoms with E-state index in [1.54, 1.807) is 18.7 Å². The zero-order chi connectivity index (χ0) is 14.2. The maximum absolute atomic E-state index is 12.5. The van der Waals surface area contributed by atoms with Gasteiger partial charge in [-0.2, -0.15) is 5.10 Å². The fourth-order valence-electron chi connectivity index (χ4n) is 2.06. The molecule has 0 amide bonds. The van der Waals surface area contributed by atoms with E-state index in [4.69, 9.17) is 5.11 Å². The van der Waals surface area contributed by atoms with Crippen LogP contribution in [0.3, 0.4) is 0 Å².